The highest BCUT2D eigenvalue weighted by Crippen LogP contribution is 2.27. The first-order valence-electron chi connectivity index (χ1n) is 4.67. The zero-order valence-corrected chi connectivity index (χ0v) is 10.2. The topological polar surface area (TPSA) is 71.2 Å². The van der Waals surface area contributed by atoms with Crippen LogP contribution >= 0.6 is 15.9 Å². The van der Waals surface area contributed by atoms with Crippen LogP contribution < -0.4 is 5.32 Å². The summed E-state index contributed by atoms with van der Waals surface area (Å²) in [6.45, 7) is 2.14. The SMILES string of the molecule is Cc1nnc(NCc2cccc(Br)c2O)o1. The Morgan fingerprint density at radius 3 is 2.94 bits per heavy atom. The van der Waals surface area contributed by atoms with Gasteiger partial charge in [-0.3, -0.25) is 0 Å². The van der Waals surface area contributed by atoms with E-state index in [-0.39, 0.29) is 5.75 Å². The molecule has 0 aliphatic carbocycles. The Hall–Kier alpha value is -1.56. The molecule has 5 nitrogen and oxygen atoms in total. The molecule has 2 N–H and O–H groups in total. The molecule has 2 aromatic rings. The Morgan fingerprint density at radius 1 is 1.44 bits per heavy atom. The molecule has 0 unspecified atom stereocenters. The van der Waals surface area contributed by atoms with E-state index in [2.05, 4.69) is 31.4 Å². The van der Waals surface area contributed by atoms with E-state index in [0.29, 0.717) is 22.9 Å². The number of benzene rings is 1. The lowest BCUT2D eigenvalue weighted by Crippen LogP contribution is -2.00. The fourth-order valence-electron chi connectivity index (χ4n) is 1.24. The standard InChI is InChI=1S/C10H10BrN3O2/c1-6-13-14-10(16-6)12-5-7-3-2-4-8(11)9(7)15/h2-4,15H,5H2,1H3,(H,12,14). The molecule has 0 saturated heterocycles. The van der Waals surface area contributed by atoms with Crippen molar-refractivity contribution in [3.63, 3.8) is 0 Å². The van der Waals surface area contributed by atoms with Gasteiger partial charge in [0.1, 0.15) is 5.75 Å². The monoisotopic (exact) mass is 283 g/mol. The second-order valence-corrected chi connectivity index (χ2v) is 4.08. The number of rotatable bonds is 3. The summed E-state index contributed by atoms with van der Waals surface area (Å²) in [4.78, 5) is 0. The molecule has 84 valence electrons. The number of para-hydroxylation sites is 1. The van der Waals surface area contributed by atoms with Gasteiger partial charge in [0.25, 0.3) is 0 Å². The molecule has 0 saturated carbocycles. The van der Waals surface area contributed by atoms with E-state index in [9.17, 15) is 5.11 Å². The quantitative estimate of drug-likeness (QED) is 0.905. The number of halogens is 1. The van der Waals surface area contributed by atoms with Crippen molar-refractivity contribution in [2.45, 2.75) is 13.5 Å². The van der Waals surface area contributed by atoms with Crippen LogP contribution in [0.3, 0.4) is 0 Å². The highest BCUT2D eigenvalue weighted by molar-refractivity contribution is 9.10. The number of hydrogen-bond donors (Lipinski definition) is 2. The minimum atomic E-state index is 0.214. The van der Waals surface area contributed by atoms with Gasteiger partial charge in [-0.1, -0.05) is 17.2 Å². The summed E-state index contributed by atoms with van der Waals surface area (Å²) in [6, 6.07) is 5.78. The number of aromatic nitrogens is 2. The van der Waals surface area contributed by atoms with Gasteiger partial charge in [-0.05, 0) is 22.0 Å². The van der Waals surface area contributed by atoms with Gasteiger partial charge >= 0.3 is 6.01 Å². The molecular formula is C10H10BrN3O2. The van der Waals surface area contributed by atoms with Gasteiger partial charge in [-0.2, -0.15) is 0 Å². The van der Waals surface area contributed by atoms with Crippen molar-refractivity contribution in [2.24, 2.45) is 0 Å². The normalized spacial score (nSPS) is 10.4. The van der Waals surface area contributed by atoms with Gasteiger partial charge < -0.3 is 14.8 Å². The van der Waals surface area contributed by atoms with E-state index >= 15 is 0 Å². The van der Waals surface area contributed by atoms with Gasteiger partial charge in [0.2, 0.25) is 5.89 Å². The van der Waals surface area contributed by atoms with Crippen LogP contribution in [0.1, 0.15) is 11.5 Å². The molecule has 16 heavy (non-hydrogen) atoms. The van der Waals surface area contributed by atoms with E-state index in [4.69, 9.17) is 4.42 Å². The van der Waals surface area contributed by atoms with E-state index in [1.807, 2.05) is 12.1 Å². The molecule has 6 heteroatoms. The summed E-state index contributed by atoms with van der Waals surface area (Å²) in [6.07, 6.45) is 0. The number of phenols is 1. The minimum Gasteiger partial charge on any atom is -0.506 e. The third-order valence-corrected chi connectivity index (χ3v) is 2.67. The number of nitrogens with one attached hydrogen (secondary N) is 1. The van der Waals surface area contributed by atoms with Gasteiger partial charge in [0.05, 0.1) is 4.47 Å². The Kier molecular flexibility index (Phi) is 3.09. The van der Waals surface area contributed by atoms with Crippen LogP contribution in [-0.4, -0.2) is 15.3 Å². The Bertz CT molecular complexity index is 499. The number of aryl methyl sites for hydroxylation is 1. The average Bonchev–Trinajstić information content (AvgIpc) is 2.67. The Balaban J connectivity index is 2.07. The molecule has 0 aliphatic rings. The number of anilines is 1. The third-order valence-electron chi connectivity index (χ3n) is 2.03. The molecule has 0 amide bonds. The van der Waals surface area contributed by atoms with E-state index in [0.717, 1.165) is 5.56 Å². The fourth-order valence-corrected chi connectivity index (χ4v) is 1.65. The highest BCUT2D eigenvalue weighted by Gasteiger charge is 2.06. The molecular weight excluding hydrogens is 274 g/mol. The molecule has 1 heterocycles. The largest absolute Gasteiger partial charge is 0.506 e. The van der Waals surface area contributed by atoms with Gasteiger partial charge in [-0.25, -0.2) is 0 Å². The van der Waals surface area contributed by atoms with Crippen LogP contribution in [-0.2, 0) is 6.54 Å². The van der Waals surface area contributed by atoms with Crippen molar-refractivity contribution in [3.8, 4) is 5.75 Å². The molecule has 1 aromatic heterocycles. The van der Waals surface area contributed by atoms with E-state index in [1.165, 1.54) is 0 Å². The van der Waals surface area contributed by atoms with Gasteiger partial charge in [0.15, 0.2) is 0 Å². The van der Waals surface area contributed by atoms with Crippen LogP contribution in [0, 0.1) is 6.92 Å². The van der Waals surface area contributed by atoms with Crippen LogP contribution in [0.5, 0.6) is 5.75 Å². The number of nitrogens with zero attached hydrogens (tertiary/aromatic N) is 2. The van der Waals surface area contributed by atoms with Crippen molar-refractivity contribution >= 4 is 21.9 Å². The summed E-state index contributed by atoms with van der Waals surface area (Å²) < 4.78 is 5.81. The molecule has 0 radical (unpaired) electrons. The highest BCUT2D eigenvalue weighted by atomic mass is 79.9. The van der Waals surface area contributed by atoms with Gasteiger partial charge in [-0.15, -0.1) is 5.10 Å². The second-order valence-electron chi connectivity index (χ2n) is 3.23. The molecule has 0 fully saturated rings. The summed E-state index contributed by atoms with van der Waals surface area (Å²) in [5.41, 5.74) is 0.755. The Morgan fingerprint density at radius 2 is 2.25 bits per heavy atom. The van der Waals surface area contributed by atoms with Crippen LogP contribution in [0.15, 0.2) is 27.1 Å². The van der Waals surface area contributed by atoms with Crippen LogP contribution in [0.25, 0.3) is 0 Å². The number of aromatic hydroxyl groups is 1. The first-order chi connectivity index (χ1) is 7.66. The Labute approximate surface area is 101 Å². The molecule has 0 atom stereocenters. The number of hydrogen-bond acceptors (Lipinski definition) is 5. The van der Waals surface area contributed by atoms with Crippen molar-refractivity contribution in [1.29, 1.82) is 0 Å². The summed E-state index contributed by atoms with van der Waals surface area (Å²) >= 11 is 3.25. The molecule has 2 rings (SSSR count). The molecule has 0 bridgehead atoms. The smallest absolute Gasteiger partial charge is 0.315 e. The molecule has 1 aromatic carbocycles. The maximum Gasteiger partial charge on any atom is 0.315 e. The zero-order chi connectivity index (χ0) is 11.5. The van der Waals surface area contributed by atoms with Crippen molar-refractivity contribution in [2.75, 3.05) is 5.32 Å². The van der Waals surface area contributed by atoms with E-state index < -0.39 is 0 Å². The average molecular weight is 284 g/mol. The first kappa shape index (κ1) is 10.9. The summed E-state index contributed by atoms with van der Waals surface area (Å²) in [5.74, 6) is 0.715. The summed E-state index contributed by atoms with van der Waals surface area (Å²) in [7, 11) is 0. The molecule has 0 spiro atoms. The predicted molar refractivity (Wildman–Crippen MR) is 62.2 cm³/mol. The first-order valence-corrected chi connectivity index (χ1v) is 5.46. The predicted octanol–water partition coefficient (Wildman–Crippen LogP) is 2.46. The maximum atomic E-state index is 9.73. The third kappa shape index (κ3) is 2.33. The second kappa shape index (κ2) is 4.52. The zero-order valence-electron chi connectivity index (χ0n) is 8.57. The van der Waals surface area contributed by atoms with E-state index in [1.54, 1.807) is 13.0 Å². The van der Waals surface area contributed by atoms with Crippen LogP contribution in [0.4, 0.5) is 6.01 Å². The maximum absolute atomic E-state index is 9.73. The number of phenolic OH excluding ortho intramolecular Hbond substituents is 1. The van der Waals surface area contributed by atoms with Crippen LogP contribution in [0.2, 0.25) is 0 Å². The lowest BCUT2D eigenvalue weighted by Gasteiger charge is -2.05. The minimum absolute atomic E-state index is 0.214. The van der Waals surface area contributed by atoms with Crippen molar-refractivity contribution in [1.82, 2.24) is 10.2 Å². The summed E-state index contributed by atoms with van der Waals surface area (Å²) in [5, 5.41) is 20.1. The van der Waals surface area contributed by atoms with Crippen molar-refractivity contribution < 1.29 is 9.52 Å². The lowest BCUT2D eigenvalue weighted by molar-refractivity contribution is 0.465. The fraction of sp³-hybridized carbons (Fsp3) is 0.200. The van der Waals surface area contributed by atoms with Gasteiger partial charge in [0, 0.05) is 19.0 Å². The molecule has 0 aliphatic heterocycles. The lowest BCUT2D eigenvalue weighted by atomic mass is 10.2. The van der Waals surface area contributed by atoms with Crippen molar-refractivity contribution in [3.05, 3.63) is 34.1 Å².